The first kappa shape index (κ1) is 19.0. The molecule has 22 heavy (non-hydrogen) atoms. The molecule has 1 rings (SSSR count). The van der Waals surface area contributed by atoms with E-state index in [1.807, 2.05) is 26.8 Å². The zero-order valence-corrected chi connectivity index (χ0v) is 15.8. The van der Waals surface area contributed by atoms with Crippen molar-refractivity contribution in [1.82, 2.24) is 5.32 Å². The van der Waals surface area contributed by atoms with Gasteiger partial charge < -0.3 is 5.32 Å². The van der Waals surface area contributed by atoms with Gasteiger partial charge in [-0.25, -0.2) is 8.42 Å². The lowest BCUT2D eigenvalue weighted by Gasteiger charge is -2.23. The molecule has 0 spiro atoms. The van der Waals surface area contributed by atoms with Gasteiger partial charge in [0.2, 0.25) is 15.9 Å². The van der Waals surface area contributed by atoms with Gasteiger partial charge in [0, 0.05) is 17.4 Å². The zero-order chi connectivity index (χ0) is 16.9. The van der Waals surface area contributed by atoms with E-state index < -0.39 is 10.0 Å². The van der Waals surface area contributed by atoms with E-state index >= 15 is 0 Å². The lowest BCUT2D eigenvalue weighted by Crippen LogP contribution is -2.38. The molecule has 0 aromatic heterocycles. The summed E-state index contributed by atoms with van der Waals surface area (Å²) in [4.78, 5) is 11.6. The highest BCUT2D eigenvalue weighted by Gasteiger charge is 2.18. The summed E-state index contributed by atoms with van der Waals surface area (Å²) in [5, 5.41) is 2.76. The van der Waals surface area contributed by atoms with Crippen LogP contribution in [0.5, 0.6) is 0 Å². The Morgan fingerprint density at radius 1 is 1.36 bits per heavy atom. The SMILES string of the molecule is Cc1cc(N(CCNC(=O)CC(C)C)S(C)(=O)=O)ccc1Br. The summed E-state index contributed by atoms with van der Waals surface area (Å²) in [6, 6.07) is 5.37. The number of amides is 1. The lowest BCUT2D eigenvalue weighted by molar-refractivity contribution is -0.121. The summed E-state index contributed by atoms with van der Waals surface area (Å²) in [7, 11) is -3.40. The van der Waals surface area contributed by atoms with Crippen molar-refractivity contribution >= 4 is 37.5 Å². The number of anilines is 1. The molecule has 0 saturated carbocycles. The third kappa shape index (κ3) is 5.96. The molecule has 0 fully saturated rings. The normalized spacial score (nSPS) is 11.5. The standard InChI is InChI=1S/C15H23BrN2O3S/c1-11(2)9-15(19)17-7-8-18(22(4,20)21)13-5-6-14(16)12(3)10-13/h5-6,10-11H,7-9H2,1-4H3,(H,17,19). The van der Waals surface area contributed by atoms with E-state index in [9.17, 15) is 13.2 Å². The predicted molar refractivity (Wildman–Crippen MR) is 93.5 cm³/mol. The quantitative estimate of drug-likeness (QED) is 0.777. The number of benzene rings is 1. The number of carbonyl (C=O) groups is 1. The molecule has 0 aliphatic rings. The van der Waals surface area contributed by atoms with Gasteiger partial charge in [0.05, 0.1) is 18.5 Å². The molecular weight excluding hydrogens is 368 g/mol. The Balaban J connectivity index is 2.79. The van der Waals surface area contributed by atoms with Crippen LogP contribution in [0.2, 0.25) is 0 Å². The van der Waals surface area contributed by atoms with Crippen LogP contribution in [0.15, 0.2) is 22.7 Å². The number of hydrogen-bond donors (Lipinski definition) is 1. The number of sulfonamides is 1. The molecule has 0 aliphatic carbocycles. The van der Waals surface area contributed by atoms with Crippen LogP contribution in [0, 0.1) is 12.8 Å². The molecule has 0 heterocycles. The number of halogens is 1. The van der Waals surface area contributed by atoms with Crippen LogP contribution >= 0.6 is 15.9 Å². The first-order valence-corrected chi connectivity index (χ1v) is 9.76. The molecule has 124 valence electrons. The highest BCUT2D eigenvalue weighted by atomic mass is 79.9. The molecule has 1 N–H and O–H groups in total. The summed E-state index contributed by atoms with van der Waals surface area (Å²) < 4.78 is 26.2. The minimum Gasteiger partial charge on any atom is -0.354 e. The second-order valence-corrected chi connectivity index (χ2v) is 8.48. The van der Waals surface area contributed by atoms with Gasteiger partial charge in [0.1, 0.15) is 0 Å². The zero-order valence-electron chi connectivity index (χ0n) is 13.4. The molecule has 0 radical (unpaired) electrons. The lowest BCUT2D eigenvalue weighted by atomic mass is 10.1. The van der Waals surface area contributed by atoms with Gasteiger partial charge >= 0.3 is 0 Å². The molecule has 0 unspecified atom stereocenters. The fraction of sp³-hybridized carbons (Fsp3) is 0.533. The van der Waals surface area contributed by atoms with Gasteiger partial charge in [-0.15, -0.1) is 0 Å². The molecule has 0 aliphatic heterocycles. The summed E-state index contributed by atoms with van der Waals surface area (Å²) in [5.74, 6) is 0.218. The van der Waals surface area contributed by atoms with Crippen molar-refractivity contribution in [3.63, 3.8) is 0 Å². The molecule has 0 atom stereocenters. The highest BCUT2D eigenvalue weighted by Crippen LogP contribution is 2.24. The minimum absolute atomic E-state index is 0.0598. The van der Waals surface area contributed by atoms with Gasteiger partial charge in [-0.2, -0.15) is 0 Å². The average Bonchev–Trinajstić information content (AvgIpc) is 2.36. The van der Waals surface area contributed by atoms with Crippen LogP contribution in [0.1, 0.15) is 25.8 Å². The number of rotatable bonds is 7. The largest absolute Gasteiger partial charge is 0.354 e. The van der Waals surface area contributed by atoms with Crippen molar-refractivity contribution in [2.75, 3.05) is 23.7 Å². The third-order valence-electron chi connectivity index (χ3n) is 3.06. The summed E-state index contributed by atoms with van der Waals surface area (Å²) in [6.45, 7) is 6.33. The number of nitrogens with one attached hydrogen (secondary N) is 1. The Labute approximate surface area is 141 Å². The monoisotopic (exact) mass is 390 g/mol. The van der Waals surface area contributed by atoms with Gasteiger partial charge in [-0.1, -0.05) is 29.8 Å². The van der Waals surface area contributed by atoms with E-state index in [2.05, 4.69) is 21.2 Å². The number of nitrogens with zero attached hydrogens (tertiary/aromatic N) is 1. The van der Waals surface area contributed by atoms with Crippen LogP contribution in [0.25, 0.3) is 0 Å². The van der Waals surface area contributed by atoms with Crippen molar-refractivity contribution in [3.8, 4) is 0 Å². The van der Waals surface area contributed by atoms with Crippen LogP contribution in [-0.2, 0) is 14.8 Å². The molecule has 1 amide bonds. The maximum absolute atomic E-state index is 12.0. The highest BCUT2D eigenvalue weighted by molar-refractivity contribution is 9.10. The number of hydrogen-bond acceptors (Lipinski definition) is 3. The number of carbonyl (C=O) groups excluding carboxylic acids is 1. The maximum Gasteiger partial charge on any atom is 0.232 e. The van der Waals surface area contributed by atoms with E-state index in [4.69, 9.17) is 0 Å². The van der Waals surface area contributed by atoms with Crippen LogP contribution < -0.4 is 9.62 Å². The maximum atomic E-state index is 12.0. The van der Waals surface area contributed by atoms with Crippen LogP contribution in [-0.4, -0.2) is 33.7 Å². The second kappa shape index (κ2) is 7.97. The van der Waals surface area contributed by atoms with E-state index in [1.165, 1.54) is 10.6 Å². The third-order valence-corrected chi connectivity index (χ3v) is 5.14. The van der Waals surface area contributed by atoms with Crippen LogP contribution in [0.3, 0.4) is 0 Å². The van der Waals surface area contributed by atoms with Crippen molar-refractivity contribution < 1.29 is 13.2 Å². The van der Waals surface area contributed by atoms with Crippen molar-refractivity contribution in [1.29, 1.82) is 0 Å². The smallest absolute Gasteiger partial charge is 0.232 e. The Bertz CT molecular complexity index is 630. The molecular formula is C15H23BrN2O3S. The van der Waals surface area contributed by atoms with Crippen molar-refractivity contribution in [2.24, 2.45) is 5.92 Å². The summed E-state index contributed by atoms with van der Waals surface area (Å²) >= 11 is 3.40. The van der Waals surface area contributed by atoms with Gasteiger partial charge in [-0.3, -0.25) is 9.10 Å². The molecule has 0 saturated heterocycles. The molecule has 5 nitrogen and oxygen atoms in total. The Hall–Kier alpha value is -1.08. The fourth-order valence-corrected chi connectivity index (χ4v) is 3.18. The molecule has 1 aromatic carbocycles. The van der Waals surface area contributed by atoms with Gasteiger partial charge in [0.25, 0.3) is 0 Å². The Morgan fingerprint density at radius 2 is 2.00 bits per heavy atom. The average molecular weight is 391 g/mol. The van der Waals surface area contributed by atoms with Crippen LogP contribution in [0.4, 0.5) is 5.69 Å². The van der Waals surface area contributed by atoms with E-state index in [1.54, 1.807) is 12.1 Å². The second-order valence-electron chi connectivity index (χ2n) is 5.72. The molecule has 7 heteroatoms. The predicted octanol–water partition coefficient (Wildman–Crippen LogP) is 2.69. The number of aryl methyl sites for hydroxylation is 1. The molecule has 0 bridgehead atoms. The first-order valence-electron chi connectivity index (χ1n) is 7.12. The topological polar surface area (TPSA) is 66.5 Å². The first-order chi connectivity index (χ1) is 10.1. The minimum atomic E-state index is -3.40. The van der Waals surface area contributed by atoms with Gasteiger partial charge in [0.15, 0.2) is 0 Å². The van der Waals surface area contributed by atoms with Crippen molar-refractivity contribution in [2.45, 2.75) is 27.2 Å². The Morgan fingerprint density at radius 3 is 2.50 bits per heavy atom. The summed E-state index contributed by atoms with van der Waals surface area (Å²) in [6.07, 6.45) is 1.61. The fourth-order valence-electron chi connectivity index (χ4n) is 2.01. The van der Waals surface area contributed by atoms with Crippen molar-refractivity contribution in [3.05, 3.63) is 28.2 Å². The van der Waals surface area contributed by atoms with E-state index in [0.29, 0.717) is 12.1 Å². The van der Waals surface area contributed by atoms with Gasteiger partial charge in [-0.05, 0) is 36.6 Å². The molecule has 1 aromatic rings. The Kier molecular flexibility index (Phi) is 6.87. The van der Waals surface area contributed by atoms with E-state index in [0.717, 1.165) is 10.0 Å². The summed E-state index contributed by atoms with van der Waals surface area (Å²) in [5.41, 5.74) is 1.55. The van der Waals surface area contributed by atoms with E-state index in [-0.39, 0.29) is 24.9 Å².